The Bertz CT molecular complexity index is 928. The van der Waals surface area contributed by atoms with Gasteiger partial charge in [0.1, 0.15) is 24.7 Å². The second-order valence-corrected chi connectivity index (χ2v) is 5.86. The summed E-state index contributed by atoms with van der Waals surface area (Å²) in [5.74, 6) is 0.897. The van der Waals surface area contributed by atoms with Crippen LogP contribution >= 0.6 is 0 Å². The largest absolute Gasteiger partial charge is 0.490 e. The van der Waals surface area contributed by atoms with Crippen LogP contribution in [0.2, 0.25) is 0 Å². The standard InChI is InChI=1S/C22H21N3O3/c1-17(20-12-7-8-14-23-20)24-25-22(26)19-11-5-6-13-21(19)28-16-15-27-18-9-3-2-4-10-18/h2-14H,15-16H2,1H3,(H,25,26)/b24-17+. The summed E-state index contributed by atoms with van der Waals surface area (Å²) in [6.07, 6.45) is 1.68. The number of amides is 1. The number of hydrogen-bond acceptors (Lipinski definition) is 5. The zero-order valence-electron chi connectivity index (χ0n) is 15.5. The van der Waals surface area contributed by atoms with Crippen molar-refractivity contribution < 1.29 is 14.3 Å². The maximum Gasteiger partial charge on any atom is 0.275 e. The predicted molar refractivity (Wildman–Crippen MR) is 108 cm³/mol. The van der Waals surface area contributed by atoms with Crippen LogP contribution in [-0.4, -0.2) is 29.8 Å². The first-order valence-corrected chi connectivity index (χ1v) is 8.90. The van der Waals surface area contributed by atoms with Crippen molar-refractivity contribution >= 4 is 11.6 Å². The molecule has 142 valence electrons. The number of hydrazone groups is 1. The number of ether oxygens (including phenoxy) is 2. The van der Waals surface area contributed by atoms with Crippen molar-refractivity contribution in [3.05, 3.63) is 90.3 Å². The van der Waals surface area contributed by atoms with Crippen LogP contribution in [-0.2, 0) is 0 Å². The Labute approximate surface area is 163 Å². The quantitative estimate of drug-likeness (QED) is 0.370. The molecule has 0 bridgehead atoms. The molecule has 1 heterocycles. The van der Waals surface area contributed by atoms with Gasteiger partial charge in [-0.1, -0.05) is 36.4 Å². The van der Waals surface area contributed by atoms with Gasteiger partial charge in [-0.05, 0) is 43.3 Å². The van der Waals surface area contributed by atoms with Crippen molar-refractivity contribution in [3.8, 4) is 11.5 Å². The van der Waals surface area contributed by atoms with Crippen LogP contribution in [0.4, 0.5) is 0 Å². The molecule has 1 aromatic heterocycles. The van der Waals surface area contributed by atoms with Crippen LogP contribution in [0.1, 0.15) is 23.0 Å². The van der Waals surface area contributed by atoms with E-state index < -0.39 is 0 Å². The molecular weight excluding hydrogens is 354 g/mol. The Morgan fingerprint density at radius 3 is 2.43 bits per heavy atom. The van der Waals surface area contributed by atoms with Gasteiger partial charge < -0.3 is 9.47 Å². The SMILES string of the molecule is C/C(=N\NC(=O)c1ccccc1OCCOc1ccccc1)c1ccccn1. The smallest absolute Gasteiger partial charge is 0.275 e. The first kappa shape index (κ1) is 19.1. The predicted octanol–water partition coefficient (Wildman–Crippen LogP) is 3.69. The lowest BCUT2D eigenvalue weighted by molar-refractivity contribution is 0.0949. The maximum absolute atomic E-state index is 12.5. The molecule has 6 nitrogen and oxygen atoms in total. The first-order valence-electron chi connectivity index (χ1n) is 8.90. The Kier molecular flexibility index (Phi) is 6.73. The van der Waals surface area contributed by atoms with Gasteiger partial charge >= 0.3 is 0 Å². The molecule has 3 aromatic rings. The molecule has 0 aliphatic rings. The average molecular weight is 375 g/mol. The third-order valence-corrected chi connectivity index (χ3v) is 3.85. The van der Waals surface area contributed by atoms with Crippen LogP contribution in [0, 0.1) is 0 Å². The van der Waals surface area contributed by atoms with Gasteiger partial charge in [-0.25, -0.2) is 5.43 Å². The van der Waals surface area contributed by atoms with Crippen molar-refractivity contribution in [2.75, 3.05) is 13.2 Å². The topological polar surface area (TPSA) is 72.8 Å². The third kappa shape index (κ3) is 5.41. The zero-order valence-corrected chi connectivity index (χ0v) is 15.5. The minimum atomic E-state index is -0.352. The van der Waals surface area contributed by atoms with E-state index in [-0.39, 0.29) is 5.91 Å². The van der Waals surface area contributed by atoms with E-state index in [9.17, 15) is 4.79 Å². The van der Waals surface area contributed by atoms with E-state index in [2.05, 4.69) is 15.5 Å². The molecular formula is C22H21N3O3. The lowest BCUT2D eigenvalue weighted by atomic mass is 10.2. The minimum absolute atomic E-state index is 0.315. The summed E-state index contributed by atoms with van der Waals surface area (Å²) in [4.78, 5) is 16.7. The highest BCUT2D eigenvalue weighted by atomic mass is 16.5. The normalized spacial score (nSPS) is 11.0. The number of pyridine rings is 1. The number of carbonyl (C=O) groups is 1. The second kappa shape index (κ2) is 9.87. The van der Waals surface area contributed by atoms with E-state index in [1.54, 1.807) is 31.3 Å². The average Bonchev–Trinajstić information content (AvgIpc) is 2.76. The number of nitrogens with zero attached hydrogens (tertiary/aromatic N) is 2. The van der Waals surface area contributed by atoms with E-state index >= 15 is 0 Å². The van der Waals surface area contributed by atoms with E-state index in [4.69, 9.17) is 9.47 Å². The summed E-state index contributed by atoms with van der Waals surface area (Å²) in [6, 6.07) is 22.0. The van der Waals surface area contributed by atoms with E-state index in [0.717, 1.165) is 5.75 Å². The van der Waals surface area contributed by atoms with Crippen LogP contribution in [0.25, 0.3) is 0 Å². The number of nitrogens with one attached hydrogen (secondary N) is 1. The molecule has 0 fully saturated rings. The molecule has 0 spiro atoms. The van der Waals surface area contributed by atoms with Crippen LogP contribution in [0.15, 0.2) is 84.1 Å². The molecule has 0 radical (unpaired) electrons. The summed E-state index contributed by atoms with van der Waals surface area (Å²) >= 11 is 0. The molecule has 6 heteroatoms. The molecule has 0 saturated heterocycles. The molecule has 28 heavy (non-hydrogen) atoms. The summed E-state index contributed by atoms with van der Waals surface area (Å²) < 4.78 is 11.3. The third-order valence-electron chi connectivity index (χ3n) is 3.85. The van der Waals surface area contributed by atoms with E-state index in [1.807, 2.05) is 54.6 Å². The van der Waals surface area contributed by atoms with Gasteiger partial charge in [0.25, 0.3) is 5.91 Å². The summed E-state index contributed by atoms with van der Waals surface area (Å²) in [5.41, 5.74) is 4.27. The Hall–Kier alpha value is -3.67. The van der Waals surface area contributed by atoms with Gasteiger partial charge in [0, 0.05) is 6.20 Å². The Balaban J connectivity index is 1.57. The summed E-state index contributed by atoms with van der Waals surface area (Å²) in [5, 5.41) is 4.12. The van der Waals surface area contributed by atoms with Gasteiger partial charge in [0.15, 0.2) is 0 Å². The van der Waals surface area contributed by atoms with Gasteiger partial charge in [-0.3, -0.25) is 9.78 Å². The highest BCUT2D eigenvalue weighted by molar-refractivity contribution is 6.00. The number of carbonyl (C=O) groups excluding carboxylic acids is 1. The number of hydrogen-bond donors (Lipinski definition) is 1. The van der Waals surface area contributed by atoms with Gasteiger partial charge in [0.05, 0.1) is 17.0 Å². The molecule has 0 aliphatic carbocycles. The molecule has 0 aliphatic heterocycles. The second-order valence-electron chi connectivity index (χ2n) is 5.86. The van der Waals surface area contributed by atoms with Gasteiger partial charge in [-0.15, -0.1) is 0 Å². The summed E-state index contributed by atoms with van der Waals surface area (Å²) in [7, 11) is 0. The molecule has 2 aromatic carbocycles. The fraction of sp³-hybridized carbons (Fsp3) is 0.136. The molecule has 1 N–H and O–H groups in total. The lowest BCUT2D eigenvalue weighted by Crippen LogP contribution is -2.21. The molecule has 1 amide bonds. The first-order chi connectivity index (χ1) is 13.7. The van der Waals surface area contributed by atoms with Crippen LogP contribution < -0.4 is 14.9 Å². The Morgan fingerprint density at radius 2 is 1.64 bits per heavy atom. The highest BCUT2D eigenvalue weighted by Crippen LogP contribution is 2.18. The molecule has 0 unspecified atom stereocenters. The van der Waals surface area contributed by atoms with E-state index in [0.29, 0.717) is 35.9 Å². The number of benzene rings is 2. The van der Waals surface area contributed by atoms with Crippen molar-refractivity contribution in [1.82, 2.24) is 10.4 Å². The van der Waals surface area contributed by atoms with Crippen molar-refractivity contribution in [1.29, 1.82) is 0 Å². The molecule has 0 atom stereocenters. The zero-order chi connectivity index (χ0) is 19.6. The minimum Gasteiger partial charge on any atom is -0.490 e. The monoisotopic (exact) mass is 375 g/mol. The number of rotatable bonds is 8. The van der Waals surface area contributed by atoms with Crippen LogP contribution in [0.3, 0.4) is 0 Å². The van der Waals surface area contributed by atoms with Gasteiger partial charge in [-0.2, -0.15) is 5.10 Å². The lowest BCUT2D eigenvalue weighted by Gasteiger charge is -2.11. The Morgan fingerprint density at radius 1 is 0.929 bits per heavy atom. The summed E-state index contributed by atoms with van der Waals surface area (Å²) in [6.45, 7) is 2.47. The van der Waals surface area contributed by atoms with Gasteiger partial charge in [0.2, 0.25) is 0 Å². The molecule has 3 rings (SSSR count). The fourth-order valence-corrected chi connectivity index (χ4v) is 2.44. The van der Waals surface area contributed by atoms with Crippen molar-refractivity contribution in [3.63, 3.8) is 0 Å². The van der Waals surface area contributed by atoms with Crippen molar-refractivity contribution in [2.24, 2.45) is 5.10 Å². The highest BCUT2D eigenvalue weighted by Gasteiger charge is 2.12. The number of para-hydroxylation sites is 2. The van der Waals surface area contributed by atoms with E-state index in [1.165, 1.54) is 0 Å². The van der Waals surface area contributed by atoms with Crippen LogP contribution in [0.5, 0.6) is 11.5 Å². The van der Waals surface area contributed by atoms with Crippen molar-refractivity contribution in [2.45, 2.75) is 6.92 Å². The fourth-order valence-electron chi connectivity index (χ4n) is 2.44. The molecule has 0 saturated carbocycles. The number of aromatic nitrogens is 1. The maximum atomic E-state index is 12.5.